The highest BCUT2D eigenvalue weighted by molar-refractivity contribution is 6.33. The highest BCUT2D eigenvalue weighted by Gasteiger charge is 2.20. The van der Waals surface area contributed by atoms with Crippen LogP contribution in [-0.4, -0.2) is 43.0 Å². The Hall–Kier alpha value is -1.10. The fourth-order valence-electron chi connectivity index (χ4n) is 2.21. The average molecular weight is 282 g/mol. The molecule has 1 aliphatic heterocycles. The average Bonchev–Trinajstić information content (AvgIpc) is 2.36. The number of anilines is 1. The second-order valence-corrected chi connectivity index (χ2v) is 5.46. The van der Waals surface area contributed by atoms with Gasteiger partial charge >= 0.3 is 0 Å². The van der Waals surface area contributed by atoms with Crippen LogP contribution in [0.4, 0.5) is 5.69 Å². The molecule has 19 heavy (non-hydrogen) atoms. The molecule has 1 aromatic rings. The van der Waals surface area contributed by atoms with Crippen molar-refractivity contribution in [2.24, 2.45) is 0 Å². The number of benzene rings is 1. The van der Waals surface area contributed by atoms with Gasteiger partial charge in [-0.15, -0.1) is 0 Å². The summed E-state index contributed by atoms with van der Waals surface area (Å²) in [4.78, 5) is 14.2. The van der Waals surface area contributed by atoms with Crippen LogP contribution in [0.1, 0.15) is 12.5 Å². The lowest BCUT2D eigenvalue weighted by molar-refractivity contribution is -0.118. The molecule has 5 heteroatoms. The number of piperazine rings is 1. The van der Waals surface area contributed by atoms with Gasteiger partial charge in [0.05, 0.1) is 17.3 Å². The molecule has 0 saturated carbocycles. The largest absolute Gasteiger partial charge is 0.324 e. The number of nitrogens with one attached hydrogen (secondary N) is 2. The van der Waals surface area contributed by atoms with Gasteiger partial charge in [-0.25, -0.2) is 0 Å². The summed E-state index contributed by atoms with van der Waals surface area (Å²) in [7, 11) is 0. The maximum absolute atomic E-state index is 12.0. The van der Waals surface area contributed by atoms with E-state index in [1.807, 2.05) is 25.1 Å². The summed E-state index contributed by atoms with van der Waals surface area (Å²) in [5.74, 6) is -0.0143. The molecule has 1 atom stereocenters. The van der Waals surface area contributed by atoms with Crippen LogP contribution in [-0.2, 0) is 4.79 Å². The summed E-state index contributed by atoms with van der Waals surface area (Å²) in [5, 5.41) is 6.77. The van der Waals surface area contributed by atoms with E-state index in [4.69, 9.17) is 11.6 Å². The number of halogens is 1. The Balaban J connectivity index is 1.93. The molecule has 2 rings (SSSR count). The van der Waals surface area contributed by atoms with Gasteiger partial charge < -0.3 is 10.6 Å². The number of nitrogens with zero attached hydrogens (tertiary/aromatic N) is 1. The molecular weight excluding hydrogens is 262 g/mol. The molecule has 104 valence electrons. The SMILES string of the molecule is Cc1ccc(NC(=O)CN2CCNC[C@@H]2C)c(Cl)c1. The maximum atomic E-state index is 12.0. The highest BCUT2D eigenvalue weighted by atomic mass is 35.5. The lowest BCUT2D eigenvalue weighted by Gasteiger charge is -2.33. The Morgan fingerprint density at radius 2 is 2.37 bits per heavy atom. The van der Waals surface area contributed by atoms with Crippen molar-refractivity contribution in [2.75, 3.05) is 31.5 Å². The zero-order valence-corrected chi connectivity index (χ0v) is 12.1. The molecule has 1 fully saturated rings. The van der Waals surface area contributed by atoms with Gasteiger partial charge in [0.1, 0.15) is 0 Å². The van der Waals surface area contributed by atoms with Crippen LogP contribution in [0.25, 0.3) is 0 Å². The van der Waals surface area contributed by atoms with E-state index in [2.05, 4.69) is 22.5 Å². The van der Waals surface area contributed by atoms with Crippen molar-refractivity contribution in [3.05, 3.63) is 28.8 Å². The normalized spacial score (nSPS) is 20.3. The van der Waals surface area contributed by atoms with Gasteiger partial charge in [0, 0.05) is 25.7 Å². The molecule has 1 aliphatic rings. The molecule has 0 aliphatic carbocycles. The fourth-order valence-corrected chi connectivity index (χ4v) is 2.50. The van der Waals surface area contributed by atoms with Gasteiger partial charge in [-0.3, -0.25) is 9.69 Å². The molecule has 0 bridgehead atoms. The summed E-state index contributed by atoms with van der Waals surface area (Å²) < 4.78 is 0. The smallest absolute Gasteiger partial charge is 0.238 e. The number of hydrogen-bond acceptors (Lipinski definition) is 3. The highest BCUT2D eigenvalue weighted by Crippen LogP contribution is 2.22. The van der Waals surface area contributed by atoms with Gasteiger partial charge in [0.15, 0.2) is 0 Å². The summed E-state index contributed by atoms with van der Waals surface area (Å²) >= 11 is 6.11. The quantitative estimate of drug-likeness (QED) is 0.889. The second kappa shape index (κ2) is 6.37. The third kappa shape index (κ3) is 3.93. The second-order valence-electron chi connectivity index (χ2n) is 5.06. The van der Waals surface area contributed by atoms with Crippen molar-refractivity contribution >= 4 is 23.2 Å². The Labute approximate surface area is 119 Å². The number of aryl methyl sites for hydroxylation is 1. The van der Waals surface area contributed by atoms with E-state index in [0.717, 1.165) is 25.2 Å². The fraction of sp³-hybridized carbons (Fsp3) is 0.500. The van der Waals surface area contributed by atoms with Crippen molar-refractivity contribution < 1.29 is 4.79 Å². The van der Waals surface area contributed by atoms with Crippen LogP contribution < -0.4 is 10.6 Å². The van der Waals surface area contributed by atoms with Gasteiger partial charge in [0.2, 0.25) is 5.91 Å². The number of rotatable bonds is 3. The first kappa shape index (κ1) is 14.3. The van der Waals surface area contributed by atoms with Gasteiger partial charge in [-0.05, 0) is 31.5 Å². The summed E-state index contributed by atoms with van der Waals surface area (Å²) in [5.41, 5.74) is 1.76. The van der Waals surface area contributed by atoms with Gasteiger partial charge in [-0.2, -0.15) is 0 Å². The molecule has 0 unspecified atom stereocenters. The summed E-state index contributed by atoms with van der Waals surface area (Å²) in [6.07, 6.45) is 0. The standard InChI is InChI=1S/C14H20ClN3O/c1-10-3-4-13(12(15)7-10)17-14(19)9-18-6-5-16-8-11(18)2/h3-4,7,11,16H,5-6,8-9H2,1-2H3,(H,17,19)/t11-/m0/s1. The van der Waals surface area contributed by atoms with Crippen molar-refractivity contribution in [1.82, 2.24) is 10.2 Å². The zero-order valence-electron chi connectivity index (χ0n) is 11.4. The van der Waals surface area contributed by atoms with Crippen molar-refractivity contribution in [2.45, 2.75) is 19.9 Å². The third-order valence-corrected chi connectivity index (χ3v) is 3.70. The maximum Gasteiger partial charge on any atom is 0.238 e. The van der Waals surface area contributed by atoms with E-state index in [0.29, 0.717) is 23.3 Å². The van der Waals surface area contributed by atoms with E-state index in [9.17, 15) is 4.79 Å². The van der Waals surface area contributed by atoms with Crippen molar-refractivity contribution in [3.8, 4) is 0 Å². The van der Waals surface area contributed by atoms with Crippen LogP contribution in [0.2, 0.25) is 5.02 Å². The number of amides is 1. The van der Waals surface area contributed by atoms with Crippen LogP contribution >= 0.6 is 11.6 Å². The molecule has 1 aromatic carbocycles. The van der Waals surface area contributed by atoms with Crippen molar-refractivity contribution in [3.63, 3.8) is 0 Å². The number of carbonyl (C=O) groups excluding carboxylic acids is 1. The predicted octanol–water partition coefficient (Wildman–Crippen LogP) is 1.88. The third-order valence-electron chi connectivity index (χ3n) is 3.38. The van der Waals surface area contributed by atoms with Crippen LogP contribution in [0.5, 0.6) is 0 Å². The molecule has 0 radical (unpaired) electrons. The molecule has 4 nitrogen and oxygen atoms in total. The summed E-state index contributed by atoms with van der Waals surface area (Å²) in [6.45, 7) is 7.27. The van der Waals surface area contributed by atoms with E-state index in [1.54, 1.807) is 0 Å². The topological polar surface area (TPSA) is 44.4 Å². The van der Waals surface area contributed by atoms with E-state index in [1.165, 1.54) is 0 Å². The van der Waals surface area contributed by atoms with Crippen molar-refractivity contribution in [1.29, 1.82) is 0 Å². The molecule has 0 aromatic heterocycles. The molecular formula is C14H20ClN3O. The molecule has 1 amide bonds. The minimum Gasteiger partial charge on any atom is -0.324 e. The minimum atomic E-state index is -0.0143. The summed E-state index contributed by atoms with van der Waals surface area (Å²) in [6, 6.07) is 6.02. The predicted molar refractivity (Wildman–Crippen MR) is 78.7 cm³/mol. The van der Waals surface area contributed by atoms with Gasteiger partial charge in [-0.1, -0.05) is 17.7 Å². The van der Waals surface area contributed by atoms with E-state index in [-0.39, 0.29) is 5.91 Å². The Morgan fingerprint density at radius 3 is 3.05 bits per heavy atom. The van der Waals surface area contributed by atoms with Gasteiger partial charge in [0.25, 0.3) is 0 Å². The Morgan fingerprint density at radius 1 is 1.58 bits per heavy atom. The van der Waals surface area contributed by atoms with E-state index < -0.39 is 0 Å². The monoisotopic (exact) mass is 281 g/mol. The first-order chi connectivity index (χ1) is 9.06. The van der Waals surface area contributed by atoms with Crippen LogP contribution in [0.3, 0.4) is 0 Å². The minimum absolute atomic E-state index is 0.0143. The number of hydrogen-bond donors (Lipinski definition) is 2. The lowest BCUT2D eigenvalue weighted by Crippen LogP contribution is -2.51. The van der Waals surface area contributed by atoms with Crippen LogP contribution in [0, 0.1) is 6.92 Å². The zero-order chi connectivity index (χ0) is 13.8. The Kier molecular flexibility index (Phi) is 4.80. The molecule has 1 heterocycles. The Bertz CT molecular complexity index is 464. The van der Waals surface area contributed by atoms with E-state index >= 15 is 0 Å². The molecule has 0 spiro atoms. The molecule has 2 N–H and O–H groups in total. The first-order valence-corrected chi connectivity index (χ1v) is 6.95. The first-order valence-electron chi connectivity index (χ1n) is 6.57. The lowest BCUT2D eigenvalue weighted by atomic mass is 10.2. The molecule has 1 saturated heterocycles. The number of carbonyl (C=O) groups is 1. The van der Waals surface area contributed by atoms with Crippen LogP contribution in [0.15, 0.2) is 18.2 Å².